The molecule has 0 radical (unpaired) electrons. The molecule has 0 bridgehead atoms. The van der Waals surface area contributed by atoms with Gasteiger partial charge in [0, 0.05) is 6.04 Å². The Balaban J connectivity index is 2.66. The van der Waals surface area contributed by atoms with E-state index in [1.54, 1.807) is 0 Å². The first-order valence-electron chi connectivity index (χ1n) is 6.33. The molecular weight excluding hydrogens is 232 g/mol. The van der Waals surface area contributed by atoms with Gasteiger partial charge in [-0.25, -0.2) is 4.79 Å². The van der Waals surface area contributed by atoms with Gasteiger partial charge in [0.05, 0.1) is 6.04 Å². The lowest BCUT2D eigenvalue weighted by Crippen LogP contribution is -2.50. The van der Waals surface area contributed by atoms with E-state index >= 15 is 0 Å². The second-order valence-electron chi connectivity index (χ2n) is 4.54. The van der Waals surface area contributed by atoms with Crippen LogP contribution in [0.15, 0.2) is 0 Å². The normalized spacial score (nSPS) is 16.9. The number of terminal acetylenes is 1. The van der Waals surface area contributed by atoms with Crippen LogP contribution in [0.3, 0.4) is 0 Å². The number of amides is 2. The molecule has 0 aromatic heterocycles. The van der Waals surface area contributed by atoms with Crippen LogP contribution in [-0.4, -0.2) is 40.6 Å². The van der Waals surface area contributed by atoms with Crippen molar-refractivity contribution in [2.75, 3.05) is 6.54 Å². The molecule has 0 spiro atoms. The van der Waals surface area contributed by atoms with E-state index in [-0.39, 0.29) is 24.7 Å². The summed E-state index contributed by atoms with van der Waals surface area (Å²) in [5.41, 5.74) is 0. The van der Waals surface area contributed by atoms with Gasteiger partial charge in [-0.15, -0.1) is 6.42 Å². The zero-order valence-corrected chi connectivity index (χ0v) is 10.7. The van der Waals surface area contributed by atoms with Crippen LogP contribution in [0.5, 0.6) is 0 Å². The van der Waals surface area contributed by atoms with E-state index in [4.69, 9.17) is 11.5 Å². The molecule has 18 heavy (non-hydrogen) atoms. The van der Waals surface area contributed by atoms with E-state index in [0.29, 0.717) is 6.42 Å². The fourth-order valence-corrected chi connectivity index (χ4v) is 2.22. The Morgan fingerprint density at radius 3 is 2.56 bits per heavy atom. The van der Waals surface area contributed by atoms with Gasteiger partial charge in [0.1, 0.15) is 6.54 Å². The van der Waals surface area contributed by atoms with E-state index in [2.05, 4.69) is 11.2 Å². The molecule has 2 N–H and O–H groups in total. The van der Waals surface area contributed by atoms with Crippen molar-refractivity contribution in [1.29, 1.82) is 0 Å². The van der Waals surface area contributed by atoms with Crippen molar-refractivity contribution in [3.8, 4) is 12.3 Å². The third-order valence-corrected chi connectivity index (χ3v) is 3.24. The minimum atomic E-state index is -0.995. The molecule has 1 saturated carbocycles. The third kappa shape index (κ3) is 3.95. The number of nitrogens with one attached hydrogen (secondary N) is 1. The molecule has 1 rings (SSSR count). The highest BCUT2D eigenvalue weighted by atomic mass is 16.4. The fraction of sp³-hybridized carbons (Fsp3) is 0.692. The van der Waals surface area contributed by atoms with Gasteiger partial charge in [-0.05, 0) is 19.3 Å². The first kappa shape index (κ1) is 14.4. The molecule has 0 aromatic rings. The van der Waals surface area contributed by atoms with Crippen LogP contribution >= 0.6 is 0 Å². The lowest BCUT2D eigenvalue weighted by molar-refractivity contribution is -0.138. The largest absolute Gasteiger partial charge is 0.480 e. The summed E-state index contributed by atoms with van der Waals surface area (Å²) < 4.78 is 0. The summed E-state index contributed by atoms with van der Waals surface area (Å²) in [5.74, 6) is 1.48. The molecule has 1 fully saturated rings. The molecule has 1 atom stereocenters. The average molecular weight is 252 g/mol. The predicted octanol–water partition coefficient (Wildman–Crippen LogP) is 1.44. The van der Waals surface area contributed by atoms with Crippen LogP contribution < -0.4 is 5.32 Å². The smallest absolute Gasteiger partial charge is 0.323 e. The quantitative estimate of drug-likeness (QED) is 0.727. The van der Waals surface area contributed by atoms with E-state index in [1.807, 2.05) is 6.92 Å². The number of carboxylic acid groups (broad SMARTS) is 1. The molecule has 0 heterocycles. The van der Waals surface area contributed by atoms with Crippen LogP contribution in [0, 0.1) is 12.3 Å². The maximum absolute atomic E-state index is 12.0. The molecule has 1 unspecified atom stereocenters. The Bertz CT molecular complexity index is 343. The van der Waals surface area contributed by atoms with E-state index in [1.165, 1.54) is 4.90 Å². The first-order valence-corrected chi connectivity index (χ1v) is 6.33. The van der Waals surface area contributed by atoms with E-state index in [9.17, 15) is 9.59 Å². The van der Waals surface area contributed by atoms with Gasteiger partial charge in [0.15, 0.2) is 0 Å². The molecule has 0 aliphatic heterocycles. The molecule has 5 nitrogen and oxygen atoms in total. The summed E-state index contributed by atoms with van der Waals surface area (Å²) in [4.78, 5) is 24.3. The van der Waals surface area contributed by atoms with Gasteiger partial charge in [0.25, 0.3) is 0 Å². The van der Waals surface area contributed by atoms with Gasteiger partial charge in [0.2, 0.25) is 0 Å². The number of carbonyl (C=O) groups excluding carboxylic acids is 1. The monoisotopic (exact) mass is 252 g/mol. The van der Waals surface area contributed by atoms with Gasteiger partial charge in [-0.2, -0.15) is 0 Å². The second kappa shape index (κ2) is 6.90. The van der Waals surface area contributed by atoms with Gasteiger partial charge in [-0.3, -0.25) is 4.79 Å². The number of carbonyl (C=O) groups is 2. The van der Waals surface area contributed by atoms with Gasteiger partial charge in [-0.1, -0.05) is 25.7 Å². The van der Waals surface area contributed by atoms with Gasteiger partial charge < -0.3 is 15.3 Å². The Kier molecular flexibility index (Phi) is 5.50. The van der Waals surface area contributed by atoms with Crippen LogP contribution in [0.25, 0.3) is 0 Å². The molecule has 100 valence electrons. The minimum absolute atomic E-state index is 0.0244. The number of aliphatic carboxylic acids is 1. The Morgan fingerprint density at radius 1 is 1.50 bits per heavy atom. The lowest BCUT2D eigenvalue weighted by atomic mass is 10.2. The SMILES string of the molecule is C#CC(CC)NC(=O)N(CC(=O)O)C1CCCC1. The summed E-state index contributed by atoms with van der Waals surface area (Å²) in [6.45, 7) is 1.61. The average Bonchev–Trinajstić information content (AvgIpc) is 2.86. The highest BCUT2D eigenvalue weighted by Gasteiger charge is 2.28. The summed E-state index contributed by atoms with van der Waals surface area (Å²) in [6.07, 6.45) is 9.74. The van der Waals surface area contributed by atoms with E-state index < -0.39 is 5.97 Å². The number of rotatable bonds is 5. The molecule has 5 heteroatoms. The number of hydrogen-bond acceptors (Lipinski definition) is 2. The zero-order valence-electron chi connectivity index (χ0n) is 10.7. The van der Waals surface area contributed by atoms with Crippen LogP contribution in [-0.2, 0) is 4.79 Å². The topological polar surface area (TPSA) is 69.6 Å². The van der Waals surface area contributed by atoms with Crippen LogP contribution in [0.2, 0.25) is 0 Å². The molecular formula is C13H20N2O3. The highest BCUT2D eigenvalue weighted by Crippen LogP contribution is 2.23. The van der Waals surface area contributed by atoms with E-state index in [0.717, 1.165) is 25.7 Å². The van der Waals surface area contributed by atoms with Crippen molar-refractivity contribution in [3.63, 3.8) is 0 Å². The number of carboxylic acids is 1. The number of nitrogens with zero attached hydrogens (tertiary/aromatic N) is 1. The maximum atomic E-state index is 12.0. The summed E-state index contributed by atoms with van der Waals surface area (Å²) >= 11 is 0. The predicted molar refractivity (Wildman–Crippen MR) is 68.0 cm³/mol. The molecule has 2 amide bonds. The summed E-state index contributed by atoms with van der Waals surface area (Å²) in [6, 6.07) is -0.680. The Labute approximate surface area is 108 Å². The second-order valence-corrected chi connectivity index (χ2v) is 4.54. The van der Waals surface area contributed by atoms with Crippen molar-refractivity contribution >= 4 is 12.0 Å². The Hall–Kier alpha value is -1.70. The number of urea groups is 1. The van der Waals surface area contributed by atoms with Gasteiger partial charge >= 0.3 is 12.0 Å². The highest BCUT2D eigenvalue weighted by molar-refractivity contribution is 5.80. The van der Waals surface area contributed by atoms with Crippen molar-refractivity contribution in [2.45, 2.75) is 51.1 Å². The Morgan fingerprint density at radius 2 is 2.11 bits per heavy atom. The molecule has 0 saturated heterocycles. The third-order valence-electron chi connectivity index (χ3n) is 3.24. The molecule has 0 aromatic carbocycles. The lowest BCUT2D eigenvalue weighted by Gasteiger charge is -2.28. The number of hydrogen-bond donors (Lipinski definition) is 2. The van der Waals surface area contributed by atoms with Crippen molar-refractivity contribution in [1.82, 2.24) is 10.2 Å². The van der Waals surface area contributed by atoms with Crippen molar-refractivity contribution < 1.29 is 14.7 Å². The van der Waals surface area contributed by atoms with Crippen LogP contribution in [0.4, 0.5) is 4.79 Å². The zero-order chi connectivity index (χ0) is 13.5. The molecule has 1 aliphatic carbocycles. The summed E-state index contributed by atoms with van der Waals surface area (Å²) in [5, 5.41) is 11.6. The standard InChI is InChI=1S/C13H20N2O3/c1-3-10(4-2)14-13(18)15(9-12(16)17)11-7-5-6-8-11/h1,10-11H,4-9H2,2H3,(H,14,18)(H,16,17). The van der Waals surface area contributed by atoms with Crippen molar-refractivity contribution in [3.05, 3.63) is 0 Å². The van der Waals surface area contributed by atoms with Crippen LogP contribution in [0.1, 0.15) is 39.0 Å². The molecule has 1 aliphatic rings. The first-order chi connectivity index (χ1) is 8.58. The summed E-state index contributed by atoms with van der Waals surface area (Å²) in [7, 11) is 0. The fourth-order valence-electron chi connectivity index (χ4n) is 2.22. The minimum Gasteiger partial charge on any atom is -0.480 e. The van der Waals surface area contributed by atoms with Crippen molar-refractivity contribution in [2.24, 2.45) is 0 Å². The maximum Gasteiger partial charge on any atom is 0.323 e.